The van der Waals surface area contributed by atoms with Crippen molar-refractivity contribution in [2.45, 2.75) is 33.4 Å². The lowest BCUT2D eigenvalue weighted by atomic mass is 10.0. The maximum absolute atomic E-state index is 12.0. The highest BCUT2D eigenvalue weighted by Crippen LogP contribution is 2.14. The number of rotatable bonds is 6. The Labute approximate surface area is 115 Å². The van der Waals surface area contributed by atoms with E-state index in [1.54, 1.807) is 11.9 Å². The molecule has 0 heterocycles. The van der Waals surface area contributed by atoms with Crippen LogP contribution < -0.4 is 10.5 Å². The Morgan fingerprint density at radius 1 is 1.32 bits per heavy atom. The van der Waals surface area contributed by atoms with E-state index in [-0.39, 0.29) is 11.8 Å². The molecule has 0 aromatic heterocycles. The highest BCUT2D eigenvalue weighted by molar-refractivity contribution is 5.81. The van der Waals surface area contributed by atoms with Gasteiger partial charge in [0.25, 0.3) is 0 Å². The number of amides is 1. The van der Waals surface area contributed by atoms with Crippen LogP contribution in [-0.4, -0.2) is 30.5 Å². The predicted octanol–water partition coefficient (Wildman–Crippen LogP) is 2.03. The van der Waals surface area contributed by atoms with Gasteiger partial charge in [0.1, 0.15) is 5.75 Å². The molecular weight excluding hydrogens is 240 g/mol. The number of likely N-dealkylation sites (N-methyl/N-ethyl adjacent to an activating group) is 1. The largest absolute Gasteiger partial charge is 0.494 e. The lowest BCUT2D eigenvalue weighted by Gasteiger charge is -2.23. The third kappa shape index (κ3) is 4.56. The average Bonchev–Trinajstić information content (AvgIpc) is 2.39. The van der Waals surface area contributed by atoms with Crippen molar-refractivity contribution in [1.82, 2.24) is 4.90 Å². The van der Waals surface area contributed by atoms with Gasteiger partial charge in [-0.1, -0.05) is 26.0 Å². The fourth-order valence-corrected chi connectivity index (χ4v) is 1.75. The molecule has 0 aliphatic rings. The second-order valence-electron chi connectivity index (χ2n) is 5.04. The molecule has 1 atom stereocenters. The van der Waals surface area contributed by atoms with E-state index in [9.17, 15) is 4.79 Å². The van der Waals surface area contributed by atoms with Crippen LogP contribution in [-0.2, 0) is 11.3 Å². The van der Waals surface area contributed by atoms with Crippen molar-refractivity contribution in [2.75, 3.05) is 13.7 Å². The minimum atomic E-state index is -0.437. The van der Waals surface area contributed by atoms with Crippen LogP contribution in [0.25, 0.3) is 0 Å². The van der Waals surface area contributed by atoms with Gasteiger partial charge in [0.15, 0.2) is 0 Å². The highest BCUT2D eigenvalue weighted by Gasteiger charge is 2.20. The van der Waals surface area contributed by atoms with E-state index in [1.165, 1.54) is 0 Å². The van der Waals surface area contributed by atoms with Gasteiger partial charge in [-0.3, -0.25) is 4.79 Å². The smallest absolute Gasteiger partial charge is 0.239 e. The van der Waals surface area contributed by atoms with Gasteiger partial charge in [0.05, 0.1) is 12.6 Å². The summed E-state index contributed by atoms with van der Waals surface area (Å²) in [5, 5.41) is 0. The molecule has 0 aliphatic heterocycles. The van der Waals surface area contributed by atoms with Crippen molar-refractivity contribution in [1.29, 1.82) is 0 Å². The molecule has 19 heavy (non-hydrogen) atoms. The van der Waals surface area contributed by atoms with Crippen molar-refractivity contribution in [3.8, 4) is 5.75 Å². The lowest BCUT2D eigenvalue weighted by molar-refractivity contribution is -0.132. The molecular formula is C15H24N2O2. The number of benzene rings is 1. The second-order valence-corrected chi connectivity index (χ2v) is 5.04. The van der Waals surface area contributed by atoms with Crippen LogP contribution in [0.1, 0.15) is 26.3 Å². The van der Waals surface area contributed by atoms with Gasteiger partial charge < -0.3 is 15.4 Å². The van der Waals surface area contributed by atoms with E-state index in [0.717, 1.165) is 11.3 Å². The number of nitrogens with two attached hydrogens (primary N) is 1. The Kier molecular flexibility index (Phi) is 5.83. The van der Waals surface area contributed by atoms with Crippen LogP contribution in [0.3, 0.4) is 0 Å². The summed E-state index contributed by atoms with van der Waals surface area (Å²) < 4.78 is 5.38. The average molecular weight is 264 g/mol. The van der Waals surface area contributed by atoms with Crippen LogP contribution in [0.15, 0.2) is 24.3 Å². The van der Waals surface area contributed by atoms with Gasteiger partial charge in [-0.15, -0.1) is 0 Å². The quantitative estimate of drug-likeness (QED) is 0.855. The SMILES string of the molecule is CCOc1ccc(CN(C)C(=O)[C@H](N)C(C)C)cc1. The van der Waals surface area contributed by atoms with Crippen molar-refractivity contribution >= 4 is 5.91 Å². The molecule has 1 rings (SSSR count). The number of carbonyl (C=O) groups excluding carboxylic acids is 1. The summed E-state index contributed by atoms with van der Waals surface area (Å²) in [6.45, 7) is 7.07. The molecule has 0 spiro atoms. The maximum atomic E-state index is 12.0. The zero-order chi connectivity index (χ0) is 14.4. The second kappa shape index (κ2) is 7.14. The summed E-state index contributed by atoms with van der Waals surface area (Å²) in [5.74, 6) is 0.971. The van der Waals surface area contributed by atoms with Crippen molar-refractivity contribution in [3.63, 3.8) is 0 Å². The predicted molar refractivity (Wildman–Crippen MR) is 76.9 cm³/mol. The summed E-state index contributed by atoms with van der Waals surface area (Å²) in [5.41, 5.74) is 6.93. The summed E-state index contributed by atoms with van der Waals surface area (Å²) in [6.07, 6.45) is 0. The minimum absolute atomic E-state index is 0.0242. The summed E-state index contributed by atoms with van der Waals surface area (Å²) in [7, 11) is 1.78. The lowest BCUT2D eigenvalue weighted by Crippen LogP contribution is -2.44. The van der Waals surface area contributed by atoms with E-state index in [2.05, 4.69) is 0 Å². The number of hydrogen-bond acceptors (Lipinski definition) is 3. The third-order valence-electron chi connectivity index (χ3n) is 3.03. The topological polar surface area (TPSA) is 55.6 Å². The molecule has 1 aromatic rings. The zero-order valence-electron chi connectivity index (χ0n) is 12.2. The standard InChI is InChI=1S/C15H24N2O2/c1-5-19-13-8-6-12(7-9-13)10-17(4)15(18)14(16)11(2)3/h6-9,11,14H,5,10,16H2,1-4H3/t14-/m1/s1. The highest BCUT2D eigenvalue weighted by atomic mass is 16.5. The first-order valence-corrected chi connectivity index (χ1v) is 6.68. The van der Waals surface area contributed by atoms with E-state index in [4.69, 9.17) is 10.5 Å². The molecule has 0 unspecified atom stereocenters. The molecule has 1 aromatic carbocycles. The fourth-order valence-electron chi connectivity index (χ4n) is 1.75. The van der Waals surface area contributed by atoms with Crippen molar-refractivity contribution in [2.24, 2.45) is 11.7 Å². The molecule has 2 N–H and O–H groups in total. The first kappa shape index (κ1) is 15.5. The Bertz CT molecular complexity index is 401. The van der Waals surface area contributed by atoms with E-state index in [1.807, 2.05) is 45.0 Å². The van der Waals surface area contributed by atoms with E-state index in [0.29, 0.717) is 13.2 Å². The van der Waals surface area contributed by atoms with Crippen LogP contribution in [0, 0.1) is 5.92 Å². The van der Waals surface area contributed by atoms with Gasteiger partial charge >= 0.3 is 0 Å². The molecule has 0 aliphatic carbocycles. The number of ether oxygens (including phenoxy) is 1. The molecule has 106 valence electrons. The van der Waals surface area contributed by atoms with Crippen LogP contribution in [0.4, 0.5) is 0 Å². The van der Waals surface area contributed by atoms with Gasteiger partial charge in [-0.25, -0.2) is 0 Å². The normalized spacial score (nSPS) is 12.3. The van der Waals surface area contributed by atoms with Crippen molar-refractivity contribution in [3.05, 3.63) is 29.8 Å². The fraction of sp³-hybridized carbons (Fsp3) is 0.533. The Hall–Kier alpha value is -1.55. The Balaban J connectivity index is 2.61. The maximum Gasteiger partial charge on any atom is 0.239 e. The van der Waals surface area contributed by atoms with Crippen LogP contribution in [0.2, 0.25) is 0 Å². The number of hydrogen-bond donors (Lipinski definition) is 1. The minimum Gasteiger partial charge on any atom is -0.494 e. The first-order valence-electron chi connectivity index (χ1n) is 6.68. The van der Waals surface area contributed by atoms with Crippen molar-refractivity contribution < 1.29 is 9.53 Å². The van der Waals surface area contributed by atoms with E-state index < -0.39 is 6.04 Å². The molecule has 4 nitrogen and oxygen atoms in total. The molecule has 1 amide bonds. The zero-order valence-corrected chi connectivity index (χ0v) is 12.2. The third-order valence-corrected chi connectivity index (χ3v) is 3.03. The molecule has 0 radical (unpaired) electrons. The first-order chi connectivity index (χ1) is 8.95. The van der Waals surface area contributed by atoms with E-state index >= 15 is 0 Å². The molecule has 4 heteroatoms. The monoisotopic (exact) mass is 264 g/mol. The number of carbonyl (C=O) groups is 1. The van der Waals surface area contributed by atoms with Gasteiger partial charge in [0.2, 0.25) is 5.91 Å². The van der Waals surface area contributed by atoms with Crippen LogP contribution >= 0.6 is 0 Å². The molecule has 0 bridgehead atoms. The molecule has 0 fully saturated rings. The number of nitrogens with zero attached hydrogens (tertiary/aromatic N) is 1. The molecule has 0 saturated carbocycles. The van der Waals surface area contributed by atoms with Gasteiger partial charge in [-0.05, 0) is 30.5 Å². The summed E-state index contributed by atoms with van der Waals surface area (Å²) in [4.78, 5) is 13.7. The summed E-state index contributed by atoms with van der Waals surface area (Å²) >= 11 is 0. The summed E-state index contributed by atoms with van der Waals surface area (Å²) in [6, 6.07) is 7.33. The van der Waals surface area contributed by atoms with Gasteiger partial charge in [0, 0.05) is 13.6 Å². The Morgan fingerprint density at radius 3 is 2.37 bits per heavy atom. The van der Waals surface area contributed by atoms with Crippen LogP contribution in [0.5, 0.6) is 5.75 Å². The van der Waals surface area contributed by atoms with Gasteiger partial charge in [-0.2, -0.15) is 0 Å². The Morgan fingerprint density at radius 2 is 1.89 bits per heavy atom. The molecule has 0 saturated heterocycles.